The number of piperidine rings is 1. The van der Waals surface area contributed by atoms with E-state index in [0.29, 0.717) is 12.5 Å². The molecule has 1 atom stereocenters. The summed E-state index contributed by atoms with van der Waals surface area (Å²) in [4.78, 5) is 16.2. The molecule has 100 valence electrons. The van der Waals surface area contributed by atoms with E-state index in [1.54, 1.807) is 0 Å². The molecular weight excluding hydrogens is 238 g/mol. The van der Waals surface area contributed by atoms with Crippen molar-refractivity contribution >= 4 is 18.3 Å². The highest BCUT2D eigenvalue weighted by Crippen LogP contribution is 2.16. The number of nitrogens with two attached hydrogens (primary N) is 1. The minimum Gasteiger partial charge on any atom is -0.342 e. The second kappa shape index (κ2) is 6.57. The number of rotatable bonds is 2. The Kier molecular flexibility index (Phi) is 5.70. The Balaban J connectivity index is 0.00000144. The number of carbonyl (C=O) groups is 1. The first kappa shape index (κ1) is 14.7. The second-order valence-corrected chi connectivity index (χ2v) is 5.35. The first-order valence-electron chi connectivity index (χ1n) is 6.41. The summed E-state index contributed by atoms with van der Waals surface area (Å²) < 4.78 is 0. The minimum absolute atomic E-state index is 0. The van der Waals surface area contributed by atoms with Gasteiger partial charge in [-0.3, -0.25) is 9.69 Å². The number of amides is 1. The summed E-state index contributed by atoms with van der Waals surface area (Å²) in [5.74, 6) is 1.07. The molecule has 0 spiro atoms. The fourth-order valence-electron chi connectivity index (χ4n) is 2.56. The molecule has 0 aromatic carbocycles. The van der Waals surface area contributed by atoms with Crippen molar-refractivity contribution in [3.05, 3.63) is 0 Å². The molecule has 2 heterocycles. The molecule has 2 rings (SSSR count). The van der Waals surface area contributed by atoms with Crippen molar-refractivity contribution in [2.45, 2.75) is 32.2 Å². The standard InChI is InChI=1S/C12H23N3O.ClH/c1-10-2-6-15(7-3-10)12(16)9-14-5-4-11(13)8-14;/h10-11H,2-9,13H2,1H3;1H/t11-;/m1./s1. The van der Waals surface area contributed by atoms with Gasteiger partial charge in [0.1, 0.15) is 0 Å². The Morgan fingerprint density at radius 3 is 2.41 bits per heavy atom. The smallest absolute Gasteiger partial charge is 0.236 e. The van der Waals surface area contributed by atoms with Crippen molar-refractivity contribution in [3.63, 3.8) is 0 Å². The van der Waals surface area contributed by atoms with Gasteiger partial charge in [-0.05, 0) is 25.2 Å². The van der Waals surface area contributed by atoms with Crippen molar-refractivity contribution < 1.29 is 4.79 Å². The van der Waals surface area contributed by atoms with E-state index in [4.69, 9.17) is 5.73 Å². The van der Waals surface area contributed by atoms with Crippen molar-refractivity contribution in [2.24, 2.45) is 11.7 Å². The second-order valence-electron chi connectivity index (χ2n) is 5.35. The number of hydrogen-bond acceptors (Lipinski definition) is 3. The molecule has 2 aliphatic rings. The molecule has 17 heavy (non-hydrogen) atoms. The number of halogens is 1. The maximum Gasteiger partial charge on any atom is 0.236 e. The SMILES string of the molecule is CC1CCN(C(=O)CN2CC[C@@H](N)C2)CC1.Cl. The predicted molar refractivity (Wildman–Crippen MR) is 71.3 cm³/mol. The molecular formula is C12H24ClN3O. The van der Waals surface area contributed by atoms with Crippen LogP contribution in [0.1, 0.15) is 26.2 Å². The third-order valence-electron chi connectivity index (χ3n) is 3.80. The topological polar surface area (TPSA) is 49.6 Å². The van der Waals surface area contributed by atoms with E-state index in [1.807, 2.05) is 4.90 Å². The lowest BCUT2D eigenvalue weighted by Crippen LogP contribution is -2.43. The highest BCUT2D eigenvalue weighted by Gasteiger charge is 2.25. The molecule has 0 aromatic heterocycles. The van der Waals surface area contributed by atoms with Gasteiger partial charge in [0.2, 0.25) is 5.91 Å². The number of hydrogen-bond donors (Lipinski definition) is 1. The minimum atomic E-state index is 0. The van der Waals surface area contributed by atoms with E-state index in [0.717, 1.165) is 51.4 Å². The van der Waals surface area contributed by atoms with Gasteiger partial charge in [0.05, 0.1) is 6.54 Å². The Bertz CT molecular complexity index is 254. The van der Waals surface area contributed by atoms with E-state index in [2.05, 4.69) is 11.8 Å². The van der Waals surface area contributed by atoms with E-state index < -0.39 is 0 Å². The fraction of sp³-hybridized carbons (Fsp3) is 0.917. The van der Waals surface area contributed by atoms with Gasteiger partial charge in [-0.2, -0.15) is 0 Å². The molecule has 5 heteroatoms. The average molecular weight is 262 g/mol. The molecule has 0 saturated carbocycles. The molecule has 0 aliphatic carbocycles. The van der Waals surface area contributed by atoms with E-state index in [1.165, 1.54) is 0 Å². The van der Waals surface area contributed by atoms with E-state index >= 15 is 0 Å². The zero-order valence-electron chi connectivity index (χ0n) is 10.6. The van der Waals surface area contributed by atoms with Gasteiger partial charge in [0, 0.05) is 32.2 Å². The van der Waals surface area contributed by atoms with E-state index in [9.17, 15) is 4.79 Å². The van der Waals surface area contributed by atoms with Crippen LogP contribution < -0.4 is 5.73 Å². The fourth-order valence-corrected chi connectivity index (χ4v) is 2.56. The van der Waals surface area contributed by atoms with Crippen molar-refractivity contribution in [1.29, 1.82) is 0 Å². The summed E-state index contributed by atoms with van der Waals surface area (Å²) in [6.45, 7) is 6.59. The van der Waals surface area contributed by atoms with Crippen LogP contribution >= 0.6 is 12.4 Å². The zero-order chi connectivity index (χ0) is 11.5. The van der Waals surface area contributed by atoms with Gasteiger partial charge in [-0.25, -0.2) is 0 Å². The van der Waals surface area contributed by atoms with Crippen LogP contribution in [0, 0.1) is 5.92 Å². The van der Waals surface area contributed by atoms with Gasteiger partial charge in [-0.1, -0.05) is 6.92 Å². The summed E-state index contributed by atoms with van der Waals surface area (Å²) in [5, 5.41) is 0. The van der Waals surface area contributed by atoms with Crippen LogP contribution in [0.15, 0.2) is 0 Å². The van der Waals surface area contributed by atoms with Crippen molar-refractivity contribution in [1.82, 2.24) is 9.80 Å². The Labute approximate surface area is 110 Å². The maximum absolute atomic E-state index is 12.0. The average Bonchev–Trinajstić information content (AvgIpc) is 2.65. The van der Waals surface area contributed by atoms with Crippen LogP contribution in [-0.2, 0) is 4.79 Å². The van der Waals surface area contributed by atoms with Crippen LogP contribution in [-0.4, -0.2) is 54.5 Å². The van der Waals surface area contributed by atoms with Crippen LogP contribution in [0.5, 0.6) is 0 Å². The number of carbonyl (C=O) groups excluding carboxylic acids is 1. The molecule has 1 amide bonds. The van der Waals surface area contributed by atoms with Gasteiger partial charge < -0.3 is 10.6 Å². The van der Waals surface area contributed by atoms with Gasteiger partial charge in [0.15, 0.2) is 0 Å². The molecule has 2 N–H and O–H groups in total. The van der Waals surface area contributed by atoms with Crippen molar-refractivity contribution in [2.75, 3.05) is 32.7 Å². The molecule has 0 radical (unpaired) electrons. The van der Waals surface area contributed by atoms with Crippen LogP contribution in [0.2, 0.25) is 0 Å². The lowest BCUT2D eigenvalue weighted by molar-refractivity contribution is -0.133. The van der Waals surface area contributed by atoms with Gasteiger partial charge >= 0.3 is 0 Å². The third-order valence-corrected chi connectivity index (χ3v) is 3.80. The van der Waals surface area contributed by atoms with Gasteiger partial charge in [0.25, 0.3) is 0 Å². The molecule has 0 aromatic rings. The summed E-state index contributed by atoms with van der Waals surface area (Å²) in [6, 6.07) is 0.272. The van der Waals surface area contributed by atoms with E-state index in [-0.39, 0.29) is 18.4 Å². The van der Waals surface area contributed by atoms with Gasteiger partial charge in [-0.15, -0.1) is 12.4 Å². The summed E-state index contributed by atoms with van der Waals surface area (Å²) in [7, 11) is 0. The quantitative estimate of drug-likeness (QED) is 0.796. The van der Waals surface area contributed by atoms with Crippen molar-refractivity contribution in [3.8, 4) is 0 Å². The Morgan fingerprint density at radius 1 is 1.24 bits per heavy atom. The molecule has 2 aliphatic heterocycles. The van der Waals surface area contributed by atoms with Crippen LogP contribution in [0.25, 0.3) is 0 Å². The molecule has 2 saturated heterocycles. The first-order chi connectivity index (χ1) is 7.65. The van der Waals surface area contributed by atoms with Crippen LogP contribution in [0.3, 0.4) is 0 Å². The summed E-state index contributed by atoms with van der Waals surface area (Å²) in [5.41, 5.74) is 5.83. The highest BCUT2D eigenvalue weighted by atomic mass is 35.5. The molecule has 2 fully saturated rings. The van der Waals surface area contributed by atoms with Crippen LogP contribution in [0.4, 0.5) is 0 Å². The molecule has 0 bridgehead atoms. The molecule has 4 nitrogen and oxygen atoms in total. The number of nitrogens with zero attached hydrogens (tertiary/aromatic N) is 2. The zero-order valence-corrected chi connectivity index (χ0v) is 11.4. The number of likely N-dealkylation sites (tertiary alicyclic amines) is 2. The maximum atomic E-state index is 12.0. The predicted octanol–water partition coefficient (Wildman–Crippen LogP) is 0.700. The first-order valence-corrected chi connectivity index (χ1v) is 6.41. The summed E-state index contributed by atoms with van der Waals surface area (Å²) >= 11 is 0. The largest absolute Gasteiger partial charge is 0.342 e. The monoisotopic (exact) mass is 261 g/mol. The lowest BCUT2D eigenvalue weighted by Gasteiger charge is -2.31. The molecule has 0 unspecified atom stereocenters. The Hall–Kier alpha value is -0.320. The Morgan fingerprint density at radius 2 is 1.88 bits per heavy atom. The third kappa shape index (κ3) is 4.12. The normalized spacial score (nSPS) is 26.9. The highest BCUT2D eigenvalue weighted by molar-refractivity contribution is 5.85. The lowest BCUT2D eigenvalue weighted by atomic mass is 9.99. The summed E-state index contributed by atoms with van der Waals surface area (Å²) in [6.07, 6.45) is 3.35.